The van der Waals surface area contributed by atoms with Crippen molar-refractivity contribution < 1.29 is 4.79 Å². The monoisotopic (exact) mass is 295 g/mol. The van der Waals surface area contributed by atoms with E-state index >= 15 is 0 Å². The summed E-state index contributed by atoms with van der Waals surface area (Å²) in [5, 5.41) is 0.862. The Morgan fingerprint density at radius 3 is 2.86 bits per heavy atom. The molecular formula is C18H21N3O. The molecule has 1 amide bonds. The topological polar surface area (TPSA) is 59.2 Å². The van der Waals surface area contributed by atoms with Crippen LogP contribution < -0.4 is 5.73 Å². The lowest BCUT2D eigenvalue weighted by atomic mass is 10.0. The van der Waals surface area contributed by atoms with Gasteiger partial charge in [0.1, 0.15) is 0 Å². The zero-order valence-electron chi connectivity index (χ0n) is 13.3. The summed E-state index contributed by atoms with van der Waals surface area (Å²) in [6.45, 7) is 7.48. The number of benzene rings is 1. The molecule has 0 spiro atoms. The fourth-order valence-corrected chi connectivity index (χ4v) is 3.03. The number of nitrogens with two attached hydrogens (primary N) is 1. The highest BCUT2D eigenvalue weighted by Crippen LogP contribution is 2.33. The number of hydrogen-bond donors (Lipinski definition) is 1. The summed E-state index contributed by atoms with van der Waals surface area (Å²) in [5.41, 5.74) is 11.4. The minimum Gasteiger partial charge on any atom is -0.397 e. The van der Waals surface area contributed by atoms with Gasteiger partial charge in [0.2, 0.25) is 0 Å². The van der Waals surface area contributed by atoms with E-state index in [1.54, 1.807) is 0 Å². The van der Waals surface area contributed by atoms with E-state index in [0.717, 1.165) is 35.1 Å². The van der Waals surface area contributed by atoms with Gasteiger partial charge < -0.3 is 10.6 Å². The Hall–Kier alpha value is -2.36. The second-order valence-corrected chi connectivity index (χ2v) is 6.04. The van der Waals surface area contributed by atoms with E-state index in [4.69, 9.17) is 10.7 Å². The molecule has 0 bridgehead atoms. The first-order chi connectivity index (χ1) is 10.5. The first-order valence-corrected chi connectivity index (χ1v) is 7.68. The number of hydrogen-bond acceptors (Lipinski definition) is 3. The Labute approximate surface area is 130 Å². The van der Waals surface area contributed by atoms with Crippen LogP contribution in [0.15, 0.2) is 23.8 Å². The van der Waals surface area contributed by atoms with Crippen molar-refractivity contribution >= 4 is 28.6 Å². The average Bonchev–Trinajstić information content (AvgIpc) is 2.77. The van der Waals surface area contributed by atoms with Crippen molar-refractivity contribution in [1.29, 1.82) is 0 Å². The fourth-order valence-electron chi connectivity index (χ4n) is 3.03. The third kappa shape index (κ3) is 2.25. The van der Waals surface area contributed by atoms with Crippen LogP contribution in [0.3, 0.4) is 0 Å². The summed E-state index contributed by atoms with van der Waals surface area (Å²) in [7, 11) is 0. The Morgan fingerprint density at radius 2 is 2.18 bits per heavy atom. The van der Waals surface area contributed by atoms with Gasteiger partial charge in [-0.2, -0.15) is 0 Å². The zero-order valence-corrected chi connectivity index (χ0v) is 13.3. The highest BCUT2D eigenvalue weighted by atomic mass is 16.2. The normalized spacial score (nSPS) is 13.6. The smallest absolute Gasteiger partial charge is 0.258 e. The van der Waals surface area contributed by atoms with E-state index in [2.05, 4.69) is 26.8 Å². The minimum absolute atomic E-state index is 0.0105. The Kier molecular flexibility index (Phi) is 3.61. The van der Waals surface area contributed by atoms with Crippen LogP contribution >= 0.6 is 0 Å². The van der Waals surface area contributed by atoms with Crippen molar-refractivity contribution in [2.75, 3.05) is 12.3 Å². The van der Waals surface area contributed by atoms with Crippen LogP contribution in [0.2, 0.25) is 0 Å². The van der Waals surface area contributed by atoms with Gasteiger partial charge in [0.15, 0.2) is 0 Å². The molecule has 1 aromatic heterocycles. The molecule has 0 saturated heterocycles. The summed E-state index contributed by atoms with van der Waals surface area (Å²) in [5.74, 6) is 0.0105. The molecule has 1 aliphatic rings. The van der Waals surface area contributed by atoms with E-state index in [1.165, 1.54) is 5.57 Å². The highest BCUT2D eigenvalue weighted by molar-refractivity contribution is 6.10. The second-order valence-electron chi connectivity index (χ2n) is 6.04. The average molecular weight is 295 g/mol. The maximum Gasteiger partial charge on any atom is 0.258 e. The molecule has 2 aromatic rings. The number of allylic oxidation sites excluding steroid dienone is 1. The molecule has 22 heavy (non-hydrogen) atoms. The molecule has 0 saturated carbocycles. The van der Waals surface area contributed by atoms with Crippen LogP contribution in [0, 0.1) is 0 Å². The molecule has 1 aromatic carbocycles. The summed E-state index contributed by atoms with van der Waals surface area (Å²) >= 11 is 0. The molecule has 0 aliphatic carbocycles. The standard InChI is InChI=1S/C18H21N3O/c1-4-8-21-10-14-15(18(21)22)16(19)13-7-5-6-12(9-11(2)3)17(13)20-14/h5-7,9H,4,8,10H2,1-3H3,(H2,19,20). The lowest BCUT2D eigenvalue weighted by molar-refractivity contribution is 0.0779. The van der Waals surface area contributed by atoms with Gasteiger partial charge in [0.05, 0.1) is 29.0 Å². The predicted octanol–water partition coefficient (Wildman–Crippen LogP) is 3.61. The van der Waals surface area contributed by atoms with Crippen molar-refractivity contribution in [3.05, 3.63) is 40.6 Å². The number of anilines is 1. The SMILES string of the molecule is CCCN1Cc2nc3c(C=C(C)C)cccc3c(N)c2C1=O. The Balaban J connectivity index is 2.23. The van der Waals surface area contributed by atoms with E-state index in [-0.39, 0.29) is 5.91 Å². The maximum absolute atomic E-state index is 12.5. The molecular weight excluding hydrogens is 274 g/mol. The summed E-state index contributed by atoms with van der Waals surface area (Å²) in [6.07, 6.45) is 3.03. The number of pyridine rings is 1. The third-order valence-corrected chi connectivity index (χ3v) is 3.94. The van der Waals surface area contributed by atoms with Crippen LogP contribution in [0.5, 0.6) is 0 Å². The van der Waals surface area contributed by atoms with Gasteiger partial charge in [-0.1, -0.05) is 36.8 Å². The molecule has 0 atom stereocenters. The molecule has 3 rings (SSSR count). The van der Waals surface area contributed by atoms with Gasteiger partial charge in [-0.15, -0.1) is 0 Å². The van der Waals surface area contributed by atoms with Gasteiger partial charge >= 0.3 is 0 Å². The van der Waals surface area contributed by atoms with Crippen LogP contribution in [-0.2, 0) is 6.54 Å². The molecule has 0 fully saturated rings. The quantitative estimate of drug-likeness (QED) is 0.941. The van der Waals surface area contributed by atoms with E-state index in [0.29, 0.717) is 17.8 Å². The number of fused-ring (bicyclic) bond motifs is 2. The van der Waals surface area contributed by atoms with Gasteiger partial charge in [-0.05, 0) is 20.3 Å². The van der Waals surface area contributed by atoms with Crippen molar-refractivity contribution in [1.82, 2.24) is 9.88 Å². The van der Waals surface area contributed by atoms with E-state index in [1.807, 2.05) is 23.1 Å². The van der Waals surface area contributed by atoms with Crippen molar-refractivity contribution in [3.63, 3.8) is 0 Å². The van der Waals surface area contributed by atoms with Gasteiger partial charge in [0.25, 0.3) is 5.91 Å². The molecule has 114 valence electrons. The molecule has 0 radical (unpaired) electrons. The number of nitrogens with zero attached hydrogens (tertiary/aromatic N) is 2. The fraction of sp³-hybridized carbons (Fsp3) is 0.333. The largest absolute Gasteiger partial charge is 0.397 e. The van der Waals surface area contributed by atoms with Crippen LogP contribution in [0.25, 0.3) is 17.0 Å². The van der Waals surface area contributed by atoms with Crippen molar-refractivity contribution in [2.24, 2.45) is 0 Å². The van der Waals surface area contributed by atoms with Crippen molar-refractivity contribution in [3.8, 4) is 0 Å². The van der Waals surface area contributed by atoms with Gasteiger partial charge in [0, 0.05) is 17.5 Å². The van der Waals surface area contributed by atoms with Crippen LogP contribution in [0.4, 0.5) is 5.69 Å². The number of nitrogen functional groups attached to an aromatic ring is 1. The first-order valence-electron chi connectivity index (χ1n) is 7.68. The summed E-state index contributed by atoms with van der Waals surface area (Å²) in [4.78, 5) is 19.1. The molecule has 2 heterocycles. The van der Waals surface area contributed by atoms with Crippen molar-refractivity contribution in [2.45, 2.75) is 33.7 Å². The van der Waals surface area contributed by atoms with Crippen LogP contribution in [-0.4, -0.2) is 22.3 Å². The van der Waals surface area contributed by atoms with E-state index in [9.17, 15) is 4.79 Å². The van der Waals surface area contributed by atoms with Gasteiger partial charge in [-0.25, -0.2) is 4.98 Å². The Morgan fingerprint density at radius 1 is 1.41 bits per heavy atom. The summed E-state index contributed by atoms with van der Waals surface area (Å²) < 4.78 is 0. The molecule has 4 nitrogen and oxygen atoms in total. The number of amides is 1. The highest BCUT2D eigenvalue weighted by Gasteiger charge is 2.31. The third-order valence-electron chi connectivity index (χ3n) is 3.94. The lowest BCUT2D eigenvalue weighted by Gasteiger charge is -2.13. The number of carbonyl (C=O) groups is 1. The molecule has 2 N–H and O–H groups in total. The van der Waals surface area contributed by atoms with E-state index < -0.39 is 0 Å². The van der Waals surface area contributed by atoms with Gasteiger partial charge in [-0.3, -0.25) is 4.79 Å². The zero-order chi connectivity index (χ0) is 15.9. The summed E-state index contributed by atoms with van der Waals surface area (Å²) in [6, 6.07) is 5.94. The lowest BCUT2D eigenvalue weighted by Crippen LogP contribution is -2.24. The number of rotatable bonds is 3. The number of carbonyl (C=O) groups excluding carboxylic acids is 1. The first kappa shape index (κ1) is 14.6. The van der Waals surface area contributed by atoms with Crippen LogP contribution in [0.1, 0.15) is 48.8 Å². The molecule has 0 unspecified atom stereocenters. The molecule has 1 aliphatic heterocycles. The number of para-hydroxylation sites is 1. The maximum atomic E-state index is 12.5. The second kappa shape index (κ2) is 5.44. The minimum atomic E-state index is 0.0105. The predicted molar refractivity (Wildman–Crippen MR) is 90.5 cm³/mol. The Bertz CT molecular complexity index is 789. The molecule has 4 heteroatoms. The number of aromatic nitrogens is 1.